The largest absolute Gasteiger partial charge is 0.474 e. The predicted molar refractivity (Wildman–Crippen MR) is 116 cm³/mol. The summed E-state index contributed by atoms with van der Waals surface area (Å²) in [6, 6.07) is 2.24. The van der Waals surface area contributed by atoms with Crippen LogP contribution in [0, 0.1) is 0 Å². The third-order valence-corrected chi connectivity index (χ3v) is 6.55. The maximum atomic E-state index is 11.8. The number of aryl methyl sites for hydroxylation is 1. The Kier molecular flexibility index (Phi) is 11.6. The molecule has 0 aliphatic carbocycles. The van der Waals surface area contributed by atoms with Gasteiger partial charge in [-0.2, -0.15) is 0 Å². The zero-order valence-electron chi connectivity index (χ0n) is 17.6. The van der Waals surface area contributed by atoms with Crippen molar-refractivity contribution in [1.29, 1.82) is 0 Å². The SMILES string of the molecule is CCCCCCCCCC(=O)/C=C/CCCCc1coc([Si](C)(C)C)c1. The van der Waals surface area contributed by atoms with Gasteiger partial charge in [-0.15, -0.1) is 0 Å². The molecule has 0 saturated heterocycles. The summed E-state index contributed by atoms with van der Waals surface area (Å²) in [5.74, 6) is 0.299. The Morgan fingerprint density at radius 2 is 1.69 bits per heavy atom. The van der Waals surface area contributed by atoms with Crippen LogP contribution < -0.4 is 5.38 Å². The Morgan fingerprint density at radius 1 is 1.00 bits per heavy atom. The minimum Gasteiger partial charge on any atom is -0.474 e. The molecule has 0 spiro atoms. The Bertz CT molecular complexity index is 523. The van der Waals surface area contributed by atoms with Gasteiger partial charge in [-0.1, -0.05) is 71.2 Å². The zero-order chi connectivity index (χ0) is 19.3. The summed E-state index contributed by atoms with van der Waals surface area (Å²) in [7, 11) is -1.32. The molecule has 0 N–H and O–H groups in total. The molecule has 148 valence electrons. The molecule has 0 saturated carbocycles. The molecule has 0 aliphatic rings. The lowest BCUT2D eigenvalue weighted by Crippen LogP contribution is -2.36. The first-order valence-corrected chi connectivity index (χ1v) is 14.2. The Labute approximate surface area is 162 Å². The van der Waals surface area contributed by atoms with Crippen molar-refractivity contribution in [2.24, 2.45) is 0 Å². The van der Waals surface area contributed by atoms with Crippen molar-refractivity contribution in [2.75, 3.05) is 0 Å². The van der Waals surface area contributed by atoms with E-state index in [2.05, 4.69) is 38.7 Å². The topological polar surface area (TPSA) is 30.2 Å². The molecule has 1 rings (SSSR count). The van der Waals surface area contributed by atoms with E-state index in [0.29, 0.717) is 5.78 Å². The van der Waals surface area contributed by atoms with Crippen LogP contribution in [0.2, 0.25) is 19.6 Å². The van der Waals surface area contributed by atoms with Crippen molar-refractivity contribution in [3.05, 3.63) is 30.0 Å². The van der Waals surface area contributed by atoms with Crippen LogP contribution in [0.15, 0.2) is 28.9 Å². The van der Waals surface area contributed by atoms with E-state index >= 15 is 0 Å². The summed E-state index contributed by atoms with van der Waals surface area (Å²) in [4.78, 5) is 11.8. The number of ketones is 1. The monoisotopic (exact) mass is 376 g/mol. The predicted octanol–water partition coefficient (Wildman–Crippen LogP) is 6.80. The van der Waals surface area contributed by atoms with Gasteiger partial charge in [0.1, 0.15) is 8.07 Å². The molecule has 1 aromatic heterocycles. The molecule has 0 unspecified atom stereocenters. The van der Waals surface area contributed by atoms with Crippen molar-refractivity contribution in [1.82, 2.24) is 0 Å². The summed E-state index contributed by atoms with van der Waals surface area (Å²) >= 11 is 0. The maximum absolute atomic E-state index is 11.8. The van der Waals surface area contributed by atoms with E-state index in [1.807, 2.05) is 6.26 Å². The van der Waals surface area contributed by atoms with E-state index in [1.54, 1.807) is 6.08 Å². The number of hydrogen-bond donors (Lipinski definition) is 0. The van der Waals surface area contributed by atoms with Gasteiger partial charge in [-0.05, 0) is 49.8 Å². The van der Waals surface area contributed by atoms with Gasteiger partial charge in [-0.3, -0.25) is 4.79 Å². The molecule has 0 radical (unpaired) electrons. The highest BCUT2D eigenvalue weighted by atomic mass is 28.3. The fraction of sp³-hybridized carbons (Fsp3) is 0.696. The minimum absolute atomic E-state index is 0.299. The smallest absolute Gasteiger partial charge is 0.155 e. The van der Waals surface area contributed by atoms with E-state index in [1.165, 1.54) is 49.5 Å². The van der Waals surface area contributed by atoms with Crippen LogP contribution in [0.1, 0.15) is 83.1 Å². The molecule has 2 nitrogen and oxygen atoms in total. The van der Waals surface area contributed by atoms with Crippen molar-refractivity contribution in [2.45, 2.75) is 104 Å². The second-order valence-corrected chi connectivity index (χ2v) is 13.5. The molecule has 0 fully saturated rings. The Morgan fingerprint density at radius 3 is 2.35 bits per heavy atom. The van der Waals surface area contributed by atoms with Crippen LogP contribution in [0.25, 0.3) is 0 Å². The molecule has 1 aromatic rings. The van der Waals surface area contributed by atoms with Gasteiger partial charge >= 0.3 is 0 Å². The van der Waals surface area contributed by atoms with E-state index in [0.717, 1.165) is 38.5 Å². The lowest BCUT2D eigenvalue weighted by molar-refractivity contribution is -0.114. The summed E-state index contributed by atoms with van der Waals surface area (Å²) in [6.45, 7) is 9.17. The van der Waals surface area contributed by atoms with E-state index < -0.39 is 8.07 Å². The fourth-order valence-electron chi connectivity index (χ4n) is 3.05. The Balaban J connectivity index is 2.03. The highest BCUT2D eigenvalue weighted by Crippen LogP contribution is 2.11. The zero-order valence-corrected chi connectivity index (χ0v) is 18.6. The standard InChI is InChI=1S/C23H40O2Si/c1-5-6-7-8-9-10-14-17-22(24)18-15-12-11-13-16-21-19-23(25-20-21)26(2,3)4/h15,18-20H,5-14,16-17H2,1-4H3/b18-15+. The van der Waals surface area contributed by atoms with E-state index in [9.17, 15) is 4.79 Å². The second-order valence-electron chi connectivity index (χ2n) is 8.55. The molecular weight excluding hydrogens is 336 g/mol. The van der Waals surface area contributed by atoms with Gasteiger partial charge in [0, 0.05) is 6.42 Å². The normalized spacial score (nSPS) is 12.2. The number of hydrogen-bond acceptors (Lipinski definition) is 2. The molecule has 26 heavy (non-hydrogen) atoms. The first-order valence-electron chi connectivity index (χ1n) is 10.7. The fourth-order valence-corrected chi connectivity index (χ4v) is 4.08. The third kappa shape index (κ3) is 10.8. The van der Waals surface area contributed by atoms with Crippen LogP contribution >= 0.6 is 0 Å². The molecule has 0 bridgehead atoms. The third-order valence-electron chi connectivity index (χ3n) is 4.81. The number of carbonyl (C=O) groups is 1. The number of allylic oxidation sites excluding steroid dienone is 2. The van der Waals surface area contributed by atoms with Gasteiger partial charge < -0.3 is 4.42 Å². The van der Waals surface area contributed by atoms with E-state index in [-0.39, 0.29) is 0 Å². The molecule has 3 heteroatoms. The molecule has 0 aliphatic heterocycles. The minimum atomic E-state index is -1.32. The molecule has 1 heterocycles. The van der Waals surface area contributed by atoms with Crippen LogP contribution in [0.3, 0.4) is 0 Å². The first-order chi connectivity index (χ1) is 12.4. The van der Waals surface area contributed by atoms with Crippen LogP contribution in [0.5, 0.6) is 0 Å². The highest BCUT2D eigenvalue weighted by Gasteiger charge is 2.20. The van der Waals surface area contributed by atoms with Crippen LogP contribution in [-0.4, -0.2) is 13.9 Å². The first kappa shape index (κ1) is 22.9. The van der Waals surface area contributed by atoms with Crippen molar-refractivity contribution < 1.29 is 9.21 Å². The summed E-state index contributed by atoms with van der Waals surface area (Å²) in [6.07, 6.45) is 19.7. The van der Waals surface area contributed by atoms with Crippen LogP contribution in [0.4, 0.5) is 0 Å². The number of unbranched alkanes of at least 4 members (excludes halogenated alkanes) is 8. The summed E-state index contributed by atoms with van der Waals surface area (Å²) in [5, 5.41) is 1.20. The lowest BCUT2D eigenvalue weighted by Gasteiger charge is -2.10. The second kappa shape index (κ2) is 13.1. The Hall–Kier alpha value is -1.09. The maximum Gasteiger partial charge on any atom is 0.155 e. The summed E-state index contributed by atoms with van der Waals surface area (Å²) in [5.41, 5.74) is 1.32. The van der Waals surface area contributed by atoms with Gasteiger partial charge in [0.25, 0.3) is 0 Å². The molecular formula is C23H40O2Si. The number of furan rings is 1. The van der Waals surface area contributed by atoms with Gasteiger partial charge in [-0.25, -0.2) is 0 Å². The van der Waals surface area contributed by atoms with Gasteiger partial charge in [0.15, 0.2) is 5.78 Å². The van der Waals surface area contributed by atoms with Gasteiger partial charge in [0.2, 0.25) is 0 Å². The highest BCUT2D eigenvalue weighted by molar-refractivity contribution is 6.87. The molecule has 0 amide bonds. The summed E-state index contributed by atoms with van der Waals surface area (Å²) < 4.78 is 5.72. The number of rotatable bonds is 15. The average molecular weight is 377 g/mol. The van der Waals surface area contributed by atoms with Crippen molar-refractivity contribution in [3.63, 3.8) is 0 Å². The lowest BCUT2D eigenvalue weighted by atomic mass is 10.1. The molecule has 0 aromatic carbocycles. The van der Waals surface area contributed by atoms with Crippen molar-refractivity contribution >= 4 is 19.2 Å². The number of carbonyl (C=O) groups excluding carboxylic acids is 1. The molecule has 0 atom stereocenters. The quantitative estimate of drug-likeness (QED) is 0.191. The average Bonchev–Trinajstić information content (AvgIpc) is 3.06. The van der Waals surface area contributed by atoms with Gasteiger partial charge in [0.05, 0.1) is 11.6 Å². The van der Waals surface area contributed by atoms with Crippen molar-refractivity contribution in [3.8, 4) is 0 Å². The van der Waals surface area contributed by atoms with E-state index in [4.69, 9.17) is 4.42 Å². The van der Waals surface area contributed by atoms with Crippen LogP contribution in [-0.2, 0) is 11.2 Å².